The number of aromatic nitrogens is 3. The number of nitrogens with one attached hydrogen (secondary N) is 2. The molecule has 0 saturated carbocycles. The van der Waals surface area contributed by atoms with E-state index in [1.54, 1.807) is 12.4 Å². The lowest BCUT2D eigenvalue weighted by molar-refractivity contribution is 0.281. The molecule has 128 valence electrons. The number of pyridine rings is 1. The van der Waals surface area contributed by atoms with Crippen LogP contribution < -0.4 is 10.6 Å². The molecule has 6 nitrogen and oxygen atoms in total. The molecule has 3 rings (SSSR count). The summed E-state index contributed by atoms with van der Waals surface area (Å²) in [5.74, 6) is 1.20. The van der Waals surface area contributed by atoms with Crippen molar-refractivity contribution in [1.29, 1.82) is 0 Å². The first-order chi connectivity index (χ1) is 12.2. The van der Waals surface area contributed by atoms with Crippen LogP contribution in [0, 0.1) is 0 Å². The van der Waals surface area contributed by atoms with Crippen molar-refractivity contribution in [2.75, 3.05) is 17.2 Å². The monoisotopic (exact) mass is 335 g/mol. The van der Waals surface area contributed by atoms with Crippen molar-refractivity contribution in [2.24, 2.45) is 0 Å². The van der Waals surface area contributed by atoms with Gasteiger partial charge in [0.25, 0.3) is 0 Å². The van der Waals surface area contributed by atoms with E-state index in [1.165, 1.54) is 5.56 Å². The van der Waals surface area contributed by atoms with Crippen molar-refractivity contribution in [3.8, 4) is 11.3 Å². The zero-order chi connectivity index (χ0) is 17.5. The lowest BCUT2D eigenvalue weighted by Gasteiger charge is -2.14. The Kier molecular flexibility index (Phi) is 5.53. The molecule has 0 unspecified atom stereocenters. The minimum Gasteiger partial charge on any atom is -0.394 e. The van der Waals surface area contributed by atoms with Crippen molar-refractivity contribution in [3.05, 3.63) is 66.5 Å². The van der Waals surface area contributed by atoms with Crippen molar-refractivity contribution in [3.63, 3.8) is 0 Å². The highest BCUT2D eigenvalue weighted by molar-refractivity contribution is 5.64. The minimum atomic E-state index is -0.130. The lowest BCUT2D eigenvalue weighted by Crippen LogP contribution is -2.21. The van der Waals surface area contributed by atoms with Crippen LogP contribution in [0.3, 0.4) is 0 Å². The van der Waals surface area contributed by atoms with Crippen molar-refractivity contribution in [1.82, 2.24) is 15.0 Å². The van der Waals surface area contributed by atoms with Crippen LogP contribution in [0.2, 0.25) is 0 Å². The maximum absolute atomic E-state index is 9.26. The van der Waals surface area contributed by atoms with E-state index in [0.29, 0.717) is 12.5 Å². The molecule has 0 saturated heterocycles. The largest absolute Gasteiger partial charge is 0.394 e. The summed E-state index contributed by atoms with van der Waals surface area (Å²) in [7, 11) is 0. The summed E-state index contributed by atoms with van der Waals surface area (Å²) < 4.78 is 0. The molecule has 0 radical (unpaired) electrons. The Morgan fingerprint density at radius 1 is 1.04 bits per heavy atom. The molecule has 0 spiro atoms. The summed E-state index contributed by atoms with van der Waals surface area (Å²) in [5.41, 5.74) is 2.92. The zero-order valence-electron chi connectivity index (χ0n) is 14.1. The molecule has 2 heterocycles. The molecule has 3 N–H and O–H groups in total. The fraction of sp³-hybridized carbons (Fsp3) is 0.211. The van der Waals surface area contributed by atoms with Crippen molar-refractivity contribution >= 4 is 11.8 Å². The van der Waals surface area contributed by atoms with E-state index in [2.05, 4.69) is 37.7 Å². The van der Waals surface area contributed by atoms with Gasteiger partial charge in [0.15, 0.2) is 0 Å². The van der Waals surface area contributed by atoms with Crippen molar-refractivity contribution in [2.45, 2.75) is 19.5 Å². The first-order valence-corrected chi connectivity index (χ1v) is 8.19. The summed E-state index contributed by atoms with van der Waals surface area (Å²) in [6.45, 7) is 2.55. The summed E-state index contributed by atoms with van der Waals surface area (Å²) in [4.78, 5) is 13.1. The lowest BCUT2D eigenvalue weighted by atomic mass is 10.2. The number of aliphatic hydroxyl groups excluding tert-OH is 1. The van der Waals surface area contributed by atoms with Gasteiger partial charge in [0.05, 0.1) is 12.3 Å². The van der Waals surface area contributed by atoms with Gasteiger partial charge in [-0.15, -0.1) is 0 Å². The Labute approximate surface area is 147 Å². The Morgan fingerprint density at radius 2 is 1.80 bits per heavy atom. The highest BCUT2D eigenvalue weighted by Gasteiger charge is 2.09. The molecule has 0 aliphatic carbocycles. The van der Waals surface area contributed by atoms with E-state index < -0.39 is 0 Å². The molecule has 0 bridgehead atoms. The van der Waals surface area contributed by atoms with Crippen LogP contribution in [0.5, 0.6) is 0 Å². The van der Waals surface area contributed by atoms with E-state index in [4.69, 9.17) is 0 Å². The van der Waals surface area contributed by atoms with Crippen LogP contribution in [-0.2, 0) is 6.54 Å². The SMILES string of the molecule is C[C@@H](CO)Nc1nc(NCc2ccccc2)cc(-c2ccncc2)n1. The number of hydrogen-bond acceptors (Lipinski definition) is 6. The molecule has 25 heavy (non-hydrogen) atoms. The van der Waals surface area contributed by atoms with Crippen LogP contribution in [0.4, 0.5) is 11.8 Å². The third kappa shape index (κ3) is 4.74. The topological polar surface area (TPSA) is 83.0 Å². The predicted octanol–water partition coefficient (Wildman–Crippen LogP) is 2.94. The van der Waals surface area contributed by atoms with Crippen molar-refractivity contribution < 1.29 is 5.11 Å². The maximum Gasteiger partial charge on any atom is 0.225 e. The summed E-state index contributed by atoms with van der Waals surface area (Å²) in [5, 5.41) is 15.7. The van der Waals surface area contributed by atoms with Gasteiger partial charge in [0.1, 0.15) is 5.82 Å². The predicted molar refractivity (Wildman–Crippen MR) is 99.2 cm³/mol. The third-order valence-electron chi connectivity index (χ3n) is 3.67. The van der Waals surface area contributed by atoms with E-state index in [9.17, 15) is 5.11 Å². The Hall–Kier alpha value is -2.99. The second-order valence-electron chi connectivity index (χ2n) is 5.77. The second-order valence-corrected chi connectivity index (χ2v) is 5.77. The third-order valence-corrected chi connectivity index (χ3v) is 3.67. The van der Waals surface area contributed by atoms with Gasteiger partial charge in [-0.05, 0) is 24.6 Å². The number of anilines is 2. The maximum atomic E-state index is 9.26. The van der Waals surface area contributed by atoms with E-state index in [1.807, 2.05) is 43.3 Å². The smallest absolute Gasteiger partial charge is 0.225 e. The highest BCUT2D eigenvalue weighted by atomic mass is 16.3. The number of rotatable bonds is 7. The minimum absolute atomic E-state index is 0.00955. The van der Waals surface area contributed by atoms with Gasteiger partial charge in [0.2, 0.25) is 5.95 Å². The van der Waals surface area contributed by atoms with Gasteiger partial charge in [-0.25, -0.2) is 4.98 Å². The van der Waals surface area contributed by atoms with E-state index in [0.717, 1.165) is 17.1 Å². The van der Waals surface area contributed by atoms with E-state index in [-0.39, 0.29) is 12.6 Å². The normalized spacial score (nSPS) is 11.8. The first-order valence-electron chi connectivity index (χ1n) is 8.19. The van der Waals surface area contributed by atoms with Crippen LogP contribution in [0.1, 0.15) is 12.5 Å². The molecular weight excluding hydrogens is 314 g/mol. The molecular formula is C19H21N5O. The van der Waals surface area contributed by atoms with Crippen LogP contribution >= 0.6 is 0 Å². The Bertz CT molecular complexity index is 795. The number of nitrogens with zero attached hydrogens (tertiary/aromatic N) is 3. The van der Waals surface area contributed by atoms with Crippen LogP contribution in [0.25, 0.3) is 11.3 Å². The summed E-state index contributed by atoms with van der Waals surface area (Å²) in [6.07, 6.45) is 3.47. The number of hydrogen-bond donors (Lipinski definition) is 3. The second kappa shape index (κ2) is 8.21. The standard InChI is InChI=1S/C19H21N5O/c1-14(13-25)22-19-23-17(16-7-9-20-10-8-16)11-18(24-19)21-12-15-5-3-2-4-6-15/h2-11,14,25H,12-13H2,1H3,(H2,21,22,23,24)/t14-/m0/s1. The van der Waals surface area contributed by atoms with Gasteiger partial charge in [0, 0.05) is 36.6 Å². The summed E-state index contributed by atoms with van der Waals surface area (Å²) >= 11 is 0. The van der Waals surface area contributed by atoms with E-state index >= 15 is 0 Å². The average molecular weight is 335 g/mol. The van der Waals surface area contributed by atoms with Gasteiger partial charge >= 0.3 is 0 Å². The molecule has 0 aliphatic rings. The van der Waals surface area contributed by atoms with Gasteiger partial charge in [-0.1, -0.05) is 30.3 Å². The van der Waals surface area contributed by atoms with Crippen LogP contribution in [0.15, 0.2) is 60.9 Å². The van der Waals surface area contributed by atoms with Gasteiger partial charge < -0.3 is 15.7 Å². The molecule has 1 atom stereocenters. The number of aliphatic hydroxyl groups is 1. The zero-order valence-corrected chi connectivity index (χ0v) is 14.1. The van der Waals surface area contributed by atoms with Crippen LogP contribution in [-0.4, -0.2) is 32.7 Å². The van der Waals surface area contributed by atoms with Gasteiger partial charge in [-0.2, -0.15) is 4.98 Å². The summed E-state index contributed by atoms with van der Waals surface area (Å²) in [6, 6.07) is 15.7. The quantitative estimate of drug-likeness (QED) is 0.616. The molecule has 0 fully saturated rings. The number of benzene rings is 1. The molecule has 3 aromatic rings. The Balaban J connectivity index is 1.86. The highest BCUT2D eigenvalue weighted by Crippen LogP contribution is 2.21. The average Bonchev–Trinajstić information content (AvgIpc) is 2.67. The first kappa shape index (κ1) is 16.9. The fourth-order valence-corrected chi connectivity index (χ4v) is 2.33. The Morgan fingerprint density at radius 3 is 2.52 bits per heavy atom. The molecule has 2 aromatic heterocycles. The molecule has 1 aromatic carbocycles. The molecule has 0 aliphatic heterocycles. The van der Waals surface area contributed by atoms with Gasteiger partial charge in [-0.3, -0.25) is 4.98 Å². The molecule has 6 heteroatoms. The molecule has 0 amide bonds. The fourth-order valence-electron chi connectivity index (χ4n) is 2.33.